The summed E-state index contributed by atoms with van der Waals surface area (Å²) in [6, 6.07) is 12.6. The maximum atomic E-state index is 12.1. The molecule has 1 atom stereocenters. The Hall–Kier alpha value is -2.67. The Balaban J connectivity index is 1.96. The number of carbonyl (C=O) groups excluding carboxylic acids is 2. The fourth-order valence-corrected chi connectivity index (χ4v) is 2.60. The SMILES string of the molecule is CCOC(=O)N[C@@H](CC(=O)N/N=C\c1cccs1)c1ccccc1. The van der Waals surface area contributed by atoms with Gasteiger partial charge in [-0.3, -0.25) is 4.79 Å². The summed E-state index contributed by atoms with van der Waals surface area (Å²) in [5.74, 6) is -0.298. The molecule has 0 radical (unpaired) electrons. The summed E-state index contributed by atoms with van der Waals surface area (Å²) in [6.45, 7) is 1.99. The molecule has 7 heteroatoms. The second kappa shape index (κ2) is 9.46. The van der Waals surface area contributed by atoms with Crippen molar-refractivity contribution in [1.82, 2.24) is 10.7 Å². The van der Waals surface area contributed by atoms with Gasteiger partial charge < -0.3 is 10.1 Å². The van der Waals surface area contributed by atoms with E-state index in [0.717, 1.165) is 10.4 Å². The number of hydrogen-bond donors (Lipinski definition) is 2. The van der Waals surface area contributed by atoms with Crippen LogP contribution in [0.15, 0.2) is 52.9 Å². The zero-order valence-electron chi connectivity index (χ0n) is 13.3. The van der Waals surface area contributed by atoms with Gasteiger partial charge in [0, 0.05) is 4.88 Å². The molecule has 126 valence electrons. The number of rotatable bonds is 7. The molecule has 0 bridgehead atoms. The molecule has 2 N–H and O–H groups in total. The Morgan fingerprint density at radius 3 is 2.71 bits per heavy atom. The summed E-state index contributed by atoms with van der Waals surface area (Å²) in [5, 5.41) is 8.54. The van der Waals surface area contributed by atoms with E-state index >= 15 is 0 Å². The average Bonchev–Trinajstić information content (AvgIpc) is 3.09. The summed E-state index contributed by atoms with van der Waals surface area (Å²) in [6.07, 6.45) is 1.09. The lowest BCUT2D eigenvalue weighted by atomic mass is 10.0. The number of hydrogen-bond acceptors (Lipinski definition) is 5. The maximum absolute atomic E-state index is 12.1. The lowest BCUT2D eigenvalue weighted by Crippen LogP contribution is -2.33. The zero-order valence-corrected chi connectivity index (χ0v) is 14.1. The van der Waals surface area contributed by atoms with Crippen LogP contribution >= 0.6 is 11.3 Å². The number of benzene rings is 1. The van der Waals surface area contributed by atoms with Gasteiger partial charge in [0.05, 0.1) is 25.3 Å². The molecular formula is C17H19N3O3S. The zero-order chi connectivity index (χ0) is 17.2. The fourth-order valence-electron chi connectivity index (χ4n) is 2.02. The monoisotopic (exact) mass is 345 g/mol. The predicted octanol–water partition coefficient (Wildman–Crippen LogP) is 3.08. The van der Waals surface area contributed by atoms with Crippen LogP contribution in [0.25, 0.3) is 0 Å². The first-order chi connectivity index (χ1) is 11.7. The van der Waals surface area contributed by atoms with Crippen molar-refractivity contribution in [1.29, 1.82) is 0 Å². The second-order valence-electron chi connectivity index (χ2n) is 4.84. The molecular weight excluding hydrogens is 326 g/mol. The summed E-state index contributed by atoms with van der Waals surface area (Å²) in [7, 11) is 0. The highest BCUT2D eigenvalue weighted by Crippen LogP contribution is 2.16. The lowest BCUT2D eigenvalue weighted by Gasteiger charge is -2.18. The minimum absolute atomic E-state index is 0.0601. The first-order valence-electron chi connectivity index (χ1n) is 7.52. The number of amides is 2. The van der Waals surface area contributed by atoms with E-state index in [1.807, 2.05) is 47.8 Å². The van der Waals surface area contributed by atoms with Gasteiger partial charge in [-0.25, -0.2) is 10.2 Å². The van der Waals surface area contributed by atoms with Gasteiger partial charge >= 0.3 is 6.09 Å². The Labute approximate surface area is 144 Å². The first-order valence-corrected chi connectivity index (χ1v) is 8.40. The number of nitrogens with zero attached hydrogens (tertiary/aromatic N) is 1. The fraction of sp³-hybridized carbons (Fsp3) is 0.235. The van der Waals surface area contributed by atoms with Gasteiger partial charge in [-0.15, -0.1) is 11.3 Å². The van der Waals surface area contributed by atoms with E-state index in [-0.39, 0.29) is 18.9 Å². The highest BCUT2D eigenvalue weighted by atomic mass is 32.1. The third-order valence-electron chi connectivity index (χ3n) is 3.08. The van der Waals surface area contributed by atoms with Crippen molar-refractivity contribution in [2.75, 3.05) is 6.61 Å². The molecule has 1 aromatic carbocycles. The molecule has 0 fully saturated rings. The van der Waals surface area contributed by atoms with Crippen molar-refractivity contribution >= 4 is 29.6 Å². The molecule has 0 aliphatic carbocycles. The first kappa shape index (κ1) is 17.7. The van der Waals surface area contributed by atoms with Crippen molar-refractivity contribution in [3.8, 4) is 0 Å². The molecule has 6 nitrogen and oxygen atoms in total. The standard InChI is InChI=1S/C17H19N3O3S/c1-2-23-17(22)19-15(13-7-4-3-5-8-13)11-16(21)20-18-12-14-9-6-10-24-14/h3-10,12,15H,2,11H2,1H3,(H,19,22)(H,20,21)/b18-12-/t15-/m0/s1. The van der Waals surface area contributed by atoms with Crippen LogP contribution in [0.5, 0.6) is 0 Å². The molecule has 2 amide bonds. The van der Waals surface area contributed by atoms with Crippen molar-refractivity contribution in [3.63, 3.8) is 0 Å². The van der Waals surface area contributed by atoms with E-state index in [0.29, 0.717) is 0 Å². The third-order valence-corrected chi connectivity index (χ3v) is 3.89. The molecule has 0 unspecified atom stereocenters. The van der Waals surface area contributed by atoms with Gasteiger partial charge in [0.1, 0.15) is 0 Å². The quantitative estimate of drug-likeness (QED) is 0.598. The van der Waals surface area contributed by atoms with E-state index in [9.17, 15) is 9.59 Å². The Morgan fingerprint density at radius 2 is 2.04 bits per heavy atom. The molecule has 0 saturated carbocycles. The predicted molar refractivity (Wildman–Crippen MR) is 94.0 cm³/mol. The molecule has 24 heavy (non-hydrogen) atoms. The minimum Gasteiger partial charge on any atom is -0.450 e. The molecule has 0 saturated heterocycles. The number of alkyl carbamates (subject to hydrolysis) is 1. The van der Waals surface area contributed by atoms with Gasteiger partial charge in [0.15, 0.2) is 0 Å². The Bertz CT molecular complexity index is 672. The third kappa shape index (κ3) is 5.85. The summed E-state index contributed by atoms with van der Waals surface area (Å²) in [5.41, 5.74) is 3.29. The molecule has 1 heterocycles. The molecule has 0 aliphatic heterocycles. The van der Waals surface area contributed by atoms with Crippen LogP contribution in [0.1, 0.15) is 29.8 Å². The van der Waals surface area contributed by atoms with Crippen molar-refractivity contribution in [3.05, 3.63) is 58.3 Å². The summed E-state index contributed by atoms with van der Waals surface area (Å²) >= 11 is 1.53. The molecule has 2 rings (SSSR count). The van der Waals surface area contributed by atoms with Crippen LogP contribution in [-0.4, -0.2) is 24.8 Å². The van der Waals surface area contributed by atoms with E-state index in [2.05, 4.69) is 15.8 Å². The summed E-state index contributed by atoms with van der Waals surface area (Å²) in [4.78, 5) is 24.7. The smallest absolute Gasteiger partial charge is 0.407 e. The minimum atomic E-state index is -0.554. The van der Waals surface area contributed by atoms with Crippen LogP contribution in [-0.2, 0) is 9.53 Å². The van der Waals surface area contributed by atoms with Gasteiger partial charge in [-0.2, -0.15) is 5.10 Å². The Kier molecular flexibility index (Phi) is 6.97. The highest BCUT2D eigenvalue weighted by Gasteiger charge is 2.18. The van der Waals surface area contributed by atoms with Gasteiger partial charge in [-0.05, 0) is 23.9 Å². The lowest BCUT2D eigenvalue weighted by molar-refractivity contribution is -0.121. The maximum Gasteiger partial charge on any atom is 0.407 e. The largest absolute Gasteiger partial charge is 0.450 e. The van der Waals surface area contributed by atoms with Gasteiger partial charge in [-0.1, -0.05) is 36.4 Å². The number of ether oxygens (including phenoxy) is 1. The number of hydrazone groups is 1. The van der Waals surface area contributed by atoms with E-state index in [4.69, 9.17) is 4.74 Å². The van der Waals surface area contributed by atoms with E-state index < -0.39 is 12.1 Å². The molecule has 0 spiro atoms. The van der Waals surface area contributed by atoms with Crippen LogP contribution in [0.2, 0.25) is 0 Å². The molecule has 1 aromatic heterocycles. The number of thiophene rings is 1. The summed E-state index contributed by atoms with van der Waals surface area (Å²) < 4.78 is 4.90. The van der Waals surface area contributed by atoms with Crippen molar-refractivity contribution in [2.24, 2.45) is 5.10 Å². The topological polar surface area (TPSA) is 79.8 Å². The second-order valence-corrected chi connectivity index (χ2v) is 5.82. The molecule has 0 aliphatic rings. The van der Waals surface area contributed by atoms with E-state index in [1.54, 1.807) is 13.1 Å². The van der Waals surface area contributed by atoms with Crippen molar-refractivity contribution < 1.29 is 14.3 Å². The highest BCUT2D eigenvalue weighted by molar-refractivity contribution is 7.11. The number of carbonyl (C=O) groups is 2. The van der Waals surface area contributed by atoms with E-state index in [1.165, 1.54) is 11.3 Å². The van der Waals surface area contributed by atoms with Crippen LogP contribution in [0.3, 0.4) is 0 Å². The average molecular weight is 345 g/mol. The number of nitrogens with one attached hydrogen (secondary N) is 2. The van der Waals surface area contributed by atoms with Gasteiger partial charge in [0.2, 0.25) is 5.91 Å². The van der Waals surface area contributed by atoms with Crippen LogP contribution < -0.4 is 10.7 Å². The van der Waals surface area contributed by atoms with Gasteiger partial charge in [0.25, 0.3) is 0 Å². The van der Waals surface area contributed by atoms with Crippen LogP contribution in [0.4, 0.5) is 4.79 Å². The van der Waals surface area contributed by atoms with Crippen LogP contribution in [0, 0.1) is 0 Å². The Morgan fingerprint density at radius 1 is 1.25 bits per heavy atom. The normalized spacial score (nSPS) is 11.9. The molecule has 2 aromatic rings. The van der Waals surface area contributed by atoms with Crippen molar-refractivity contribution in [2.45, 2.75) is 19.4 Å².